The van der Waals surface area contributed by atoms with Crippen molar-refractivity contribution in [1.29, 1.82) is 0 Å². The number of ether oxygens (including phenoxy) is 1. The molecule has 1 fully saturated rings. The van der Waals surface area contributed by atoms with Crippen molar-refractivity contribution in [1.82, 2.24) is 4.90 Å². The molecular weight excluding hydrogens is 164 g/mol. The van der Waals surface area contributed by atoms with E-state index in [1.54, 1.807) is 0 Å². The Bertz CT molecular complexity index is 118. The molecule has 0 saturated carbocycles. The van der Waals surface area contributed by atoms with E-state index in [9.17, 15) is 0 Å². The Kier molecular flexibility index (Phi) is 5.35. The van der Waals surface area contributed by atoms with Crippen molar-refractivity contribution in [2.75, 3.05) is 32.8 Å². The second-order valence-electron chi connectivity index (χ2n) is 3.70. The zero-order chi connectivity index (χ0) is 9.52. The van der Waals surface area contributed by atoms with Gasteiger partial charge in [-0.3, -0.25) is 4.90 Å². The Labute approximate surface area is 81.2 Å². The van der Waals surface area contributed by atoms with Crippen molar-refractivity contribution in [3.05, 3.63) is 0 Å². The SMILES string of the molecule is CCCN(CCN)C1CCCOC1. The van der Waals surface area contributed by atoms with Crippen LogP contribution in [0.5, 0.6) is 0 Å². The van der Waals surface area contributed by atoms with Crippen molar-refractivity contribution in [3.63, 3.8) is 0 Å². The molecule has 0 aromatic carbocycles. The van der Waals surface area contributed by atoms with Crippen LogP contribution in [0.4, 0.5) is 0 Å². The zero-order valence-corrected chi connectivity index (χ0v) is 8.67. The molecule has 0 radical (unpaired) electrons. The molecular formula is C10H22N2O. The lowest BCUT2D eigenvalue weighted by atomic mass is 10.1. The lowest BCUT2D eigenvalue weighted by molar-refractivity contribution is 0.0189. The van der Waals surface area contributed by atoms with Crippen LogP contribution >= 0.6 is 0 Å². The van der Waals surface area contributed by atoms with Crippen LogP contribution in [0, 0.1) is 0 Å². The van der Waals surface area contributed by atoms with Crippen molar-refractivity contribution in [2.24, 2.45) is 5.73 Å². The van der Waals surface area contributed by atoms with E-state index in [-0.39, 0.29) is 0 Å². The molecule has 1 rings (SSSR count). The van der Waals surface area contributed by atoms with Crippen LogP contribution in [0.15, 0.2) is 0 Å². The maximum absolute atomic E-state index is 5.58. The first-order valence-corrected chi connectivity index (χ1v) is 5.40. The molecule has 0 aromatic heterocycles. The highest BCUT2D eigenvalue weighted by Gasteiger charge is 2.19. The van der Waals surface area contributed by atoms with Crippen LogP contribution in [0.3, 0.4) is 0 Å². The van der Waals surface area contributed by atoms with Gasteiger partial charge < -0.3 is 10.5 Å². The second-order valence-corrected chi connectivity index (χ2v) is 3.70. The molecule has 13 heavy (non-hydrogen) atoms. The number of nitrogens with two attached hydrogens (primary N) is 1. The van der Waals surface area contributed by atoms with Gasteiger partial charge in [-0.15, -0.1) is 0 Å². The monoisotopic (exact) mass is 186 g/mol. The summed E-state index contributed by atoms with van der Waals surface area (Å²) in [5.74, 6) is 0. The maximum Gasteiger partial charge on any atom is 0.0621 e. The van der Waals surface area contributed by atoms with E-state index in [2.05, 4.69) is 11.8 Å². The summed E-state index contributed by atoms with van der Waals surface area (Å²) in [6.07, 6.45) is 3.69. The third kappa shape index (κ3) is 3.63. The van der Waals surface area contributed by atoms with Crippen LogP contribution in [0.2, 0.25) is 0 Å². The van der Waals surface area contributed by atoms with E-state index in [1.807, 2.05) is 0 Å². The summed E-state index contributed by atoms with van der Waals surface area (Å²) in [6, 6.07) is 0.622. The summed E-state index contributed by atoms with van der Waals surface area (Å²) in [4.78, 5) is 2.47. The highest BCUT2D eigenvalue weighted by atomic mass is 16.5. The van der Waals surface area contributed by atoms with Gasteiger partial charge in [0.05, 0.1) is 6.61 Å². The lowest BCUT2D eigenvalue weighted by Gasteiger charge is -2.33. The third-order valence-corrected chi connectivity index (χ3v) is 2.58. The van der Waals surface area contributed by atoms with Gasteiger partial charge in [0.25, 0.3) is 0 Å². The van der Waals surface area contributed by atoms with E-state index in [0.29, 0.717) is 6.04 Å². The average Bonchev–Trinajstić information content (AvgIpc) is 2.19. The Morgan fingerprint density at radius 2 is 2.31 bits per heavy atom. The largest absolute Gasteiger partial charge is 0.380 e. The molecule has 1 saturated heterocycles. The molecule has 3 heteroatoms. The van der Waals surface area contributed by atoms with E-state index in [0.717, 1.165) is 32.8 Å². The van der Waals surface area contributed by atoms with Crippen molar-refractivity contribution in [3.8, 4) is 0 Å². The van der Waals surface area contributed by atoms with Crippen LogP contribution < -0.4 is 5.73 Å². The first kappa shape index (κ1) is 11.0. The van der Waals surface area contributed by atoms with Crippen LogP contribution in [-0.2, 0) is 4.74 Å². The Balaban J connectivity index is 2.32. The van der Waals surface area contributed by atoms with E-state index in [1.165, 1.54) is 19.3 Å². The molecule has 1 unspecified atom stereocenters. The van der Waals surface area contributed by atoms with Gasteiger partial charge in [0.15, 0.2) is 0 Å². The number of nitrogens with zero attached hydrogens (tertiary/aromatic N) is 1. The molecule has 0 spiro atoms. The third-order valence-electron chi connectivity index (χ3n) is 2.58. The topological polar surface area (TPSA) is 38.5 Å². The summed E-state index contributed by atoms with van der Waals surface area (Å²) in [6.45, 7) is 7.00. The summed E-state index contributed by atoms with van der Waals surface area (Å²) < 4.78 is 5.47. The van der Waals surface area contributed by atoms with Gasteiger partial charge >= 0.3 is 0 Å². The molecule has 0 aliphatic carbocycles. The van der Waals surface area contributed by atoms with Crippen LogP contribution in [0.25, 0.3) is 0 Å². The van der Waals surface area contributed by atoms with Crippen molar-refractivity contribution in [2.45, 2.75) is 32.2 Å². The van der Waals surface area contributed by atoms with E-state index in [4.69, 9.17) is 10.5 Å². The minimum Gasteiger partial charge on any atom is -0.380 e. The maximum atomic E-state index is 5.58. The summed E-state index contributed by atoms with van der Waals surface area (Å²) in [7, 11) is 0. The Morgan fingerprint density at radius 3 is 2.85 bits per heavy atom. The predicted octanol–water partition coefficient (Wildman–Crippen LogP) is 0.836. The molecule has 78 valence electrons. The molecule has 1 heterocycles. The van der Waals surface area contributed by atoms with Gasteiger partial charge in [-0.1, -0.05) is 6.92 Å². The Hall–Kier alpha value is -0.120. The standard InChI is InChI=1S/C10H22N2O/c1-2-6-12(7-5-11)10-4-3-8-13-9-10/h10H,2-9,11H2,1H3. The fourth-order valence-corrected chi connectivity index (χ4v) is 1.94. The van der Waals surface area contributed by atoms with Gasteiger partial charge in [0.2, 0.25) is 0 Å². The summed E-state index contributed by atoms with van der Waals surface area (Å²) in [5, 5.41) is 0. The molecule has 0 bridgehead atoms. The first-order valence-electron chi connectivity index (χ1n) is 5.40. The quantitative estimate of drug-likeness (QED) is 0.691. The zero-order valence-electron chi connectivity index (χ0n) is 8.67. The van der Waals surface area contributed by atoms with Gasteiger partial charge in [-0.05, 0) is 25.8 Å². The van der Waals surface area contributed by atoms with Gasteiger partial charge in [-0.25, -0.2) is 0 Å². The highest BCUT2D eigenvalue weighted by Crippen LogP contribution is 2.13. The van der Waals surface area contributed by atoms with Gasteiger partial charge in [-0.2, -0.15) is 0 Å². The molecule has 2 N–H and O–H groups in total. The van der Waals surface area contributed by atoms with Crippen molar-refractivity contribution >= 4 is 0 Å². The van der Waals surface area contributed by atoms with Crippen LogP contribution in [0.1, 0.15) is 26.2 Å². The minimum atomic E-state index is 0.622. The summed E-state index contributed by atoms with van der Waals surface area (Å²) >= 11 is 0. The molecule has 0 aromatic rings. The van der Waals surface area contributed by atoms with Gasteiger partial charge in [0.1, 0.15) is 0 Å². The number of rotatable bonds is 5. The number of hydrogen-bond donors (Lipinski definition) is 1. The fourth-order valence-electron chi connectivity index (χ4n) is 1.94. The molecule has 3 nitrogen and oxygen atoms in total. The Morgan fingerprint density at radius 1 is 1.46 bits per heavy atom. The average molecular weight is 186 g/mol. The molecule has 1 atom stereocenters. The van der Waals surface area contributed by atoms with E-state index >= 15 is 0 Å². The highest BCUT2D eigenvalue weighted by molar-refractivity contribution is 4.74. The molecule has 1 aliphatic heterocycles. The predicted molar refractivity (Wildman–Crippen MR) is 54.8 cm³/mol. The number of hydrogen-bond acceptors (Lipinski definition) is 3. The van der Waals surface area contributed by atoms with Crippen molar-refractivity contribution < 1.29 is 4.74 Å². The molecule has 1 aliphatic rings. The van der Waals surface area contributed by atoms with Crippen LogP contribution in [-0.4, -0.2) is 43.8 Å². The summed E-state index contributed by atoms with van der Waals surface area (Å²) in [5.41, 5.74) is 5.58. The van der Waals surface area contributed by atoms with E-state index < -0.39 is 0 Å². The molecule has 0 amide bonds. The van der Waals surface area contributed by atoms with Gasteiger partial charge in [0, 0.05) is 25.7 Å². The lowest BCUT2D eigenvalue weighted by Crippen LogP contribution is -2.43. The first-order chi connectivity index (χ1) is 6.38. The minimum absolute atomic E-state index is 0.622. The smallest absolute Gasteiger partial charge is 0.0621 e. The second kappa shape index (κ2) is 6.35. The fraction of sp³-hybridized carbons (Fsp3) is 1.00. The normalized spacial score (nSPS) is 23.8.